The van der Waals surface area contributed by atoms with Crippen molar-refractivity contribution in [3.63, 3.8) is 0 Å². The maximum atomic E-state index is 13.4. The number of nitrogens with zero attached hydrogens (tertiary/aromatic N) is 8. The van der Waals surface area contributed by atoms with E-state index in [1.54, 1.807) is 0 Å². The van der Waals surface area contributed by atoms with Gasteiger partial charge in [-0.25, -0.2) is 39.0 Å². The highest BCUT2D eigenvalue weighted by molar-refractivity contribution is 8.44. The molecule has 0 aliphatic carbocycles. The van der Waals surface area contributed by atoms with E-state index in [4.69, 9.17) is 39.0 Å². The molecule has 0 radical (unpaired) electrons. The van der Waals surface area contributed by atoms with E-state index >= 15 is 0 Å². The lowest BCUT2D eigenvalue weighted by atomic mass is 10.1. The summed E-state index contributed by atoms with van der Waals surface area (Å²) in [4.78, 5) is 24.4. The summed E-state index contributed by atoms with van der Waals surface area (Å²) in [5.41, 5.74) is 12.7. The number of aliphatic hydroxyl groups is 2. The van der Waals surface area contributed by atoms with Crippen LogP contribution < -0.4 is 11.5 Å². The minimum atomic E-state index is -4.26. The second-order valence-electron chi connectivity index (χ2n) is 9.95. The molecule has 0 bridgehead atoms. The number of aromatic nitrogens is 8. The van der Waals surface area contributed by atoms with Gasteiger partial charge in [0, 0.05) is 0 Å². The highest BCUT2D eigenvalue weighted by Crippen LogP contribution is 2.60. The fourth-order valence-corrected chi connectivity index (χ4v) is 8.23. The summed E-state index contributed by atoms with van der Waals surface area (Å²) in [6.07, 6.45) is -5.50. The second kappa shape index (κ2) is 11.1. The Morgan fingerprint density at radius 2 is 1.14 bits per heavy atom. The van der Waals surface area contributed by atoms with Gasteiger partial charge in [-0.2, -0.15) is 0 Å². The molecule has 236 valence electrons. The Bertz CT molecular complexity index is 1700. The van der Waals surface area contributed by atoms with E-state index in [0.29, 0.717) is 0 Å². The van der Waals surface area contributed by atoms with Gasteiger partial charge >= 0.3 is 13.6 Å². The maximum Gasteiger partial charge on any atom is 0.386 e. The van der Waals surface area contributed by atoms with Crippen LogP contribution in [0.3, 0.4) is 0 Å². The number of aliphatic hydroxyl groups excluding tert-OH is 2. The van der Waals surface area contributed by atoms with E-state index < -0.39 is 75.9 Å². The minimum absolute atomic E-state index is 0.101. The Hall–Kier alpha value is -2.46. The predicted octanol–water partition coefficient (Wildman–Crippen LogP) is 0.240. The topological polar surface area (TPSA) is 269 Å². The Kier molecular flexibility index (Phi) is 7.63. The number of rotatable bonds is 2. The van der Waals surface area contributed by atoms with Gasteiger partial charge in [0.05, 0.1) is 25.9 Å². The van der Waals surface area contributed by atoms with Gasteiger partial charge in [0.25, 0.3) is 0 Å². The number of thiol groups is 2. The van der Waals surface area contributed by atoms with Crippen molar-refractivity contribution in [3.8, 4) is 0 Å². The van der Waals surface area contributed by atoms with Gasteiger partial charge in [0.1, 0.15) is 60.3 Å². The zero-order chi connectivity index (χ0) is 31.0. The molecule has 3 aliphatic heterocycles. The molecule has 3 fully saturated rings. The SMILES string of the molecule is Nc1ncnc2c1ncn2[C@@H]1O[C@H]2CO[P@](=O)(S)OC3C(O)[C@H](n4cnc5c(N)ncnc54)O[C@@H]3CO[P@@](=O)(S)OC2C1O. The van der Waals surface area contributed by atoms with Crippen molar-refractivity contribution < 1.29 is 46.9 Å². The lowest BCUT2D eigenvalue weighted by Gasteiger charge is -2.28. The summed E-state index contributed by atoms with van der Waals surface area (Å²) < 4.78 is 63.9. The average Bonchev–Trinajstić information content (AvgIpc) is 3.73. The molecule has 10 atom stereocenters. The highest BCUT2D eigenvalue weighted by Gasteiger charge is 2.53. The molecule has 20 nitrogen and oxygen atoms in total. The normalized spacial score (nSPS) is 38.3. The third-order valence-corrected chi connectivity index (χ3v) is 10.5. The third-order valence-electron chi connectivity index (χ3n) is 7.26. The van der Waals surface area contributed by atoms with Crippen LogP contribution in [0.2, 0.25) is 0 Å². The Morgan fingerprint density at radius 3 is 1.55 bits per heavy atom. The van der Waals surface area contributed by atoms with E-state index in [-0.39, 0.29) is 34.0 Å². The smallest absolute Gasteiger partial charge is 0.386 e. The first-order valence-corrected chi connectivity index (χ1v) is 18.2. The van der Waals surface area contributed by atoms with Crippen molar-refractivity contribution in [2.45, 2.75) is 49.1 Å². The second-order valence-corrected chi connectivity index (χ2v) is 15.7. The number of anilines is 2. The maximum absolute atomic E-state index is 13.4. The molecule has 4 aromatic heterocycles. The van der Waals surface area contributed by atoms with Gasteiger partial charge in [-0.3, -0.25) is 27.2 Å². The molecule has 0 saturated carbocycles. The van der Waals surface area contributed by atoms with Crippen LogP contribution in [-0.4, -0.2) is 99.1 Å². The number of hydrogen-bond acceptors (Lipinski definition) is 18. The highest BCUT2D eigenvalue weighted by atomic mass is 32.7. The largest absolute Gasteiger partial charge is 0.386 e. The zero-order valence-electron chi connectivity index (χ0n) is 22.0. The van der Waals surface area contributed by atoms with Crippen molar-refractivity contribution in [1.82, 2.24) is 39.0 Å². The quantitative estimate of drug-likeness (QED) is 0.121. The van der Waals surface area contributed by atoms with Crippen LogP contribution in [0, 0.1) is 0 Å². The van der Waals surface area contributed by atoms with Crippen molar-refractivity contribution >= 4 is 72.1 Å². The fraction of sp³-hybridized carbons (Fsp3) is 0.500. The third kappa shape index (κ3) is 5.27. The van der Waals surface area contributed by atoms with Gasteiger partial charge in [-0.05, 0) is 0 Å². The number of hydrogen-bond donors (Lipinski definition) is 6. The first-order chi connectivity index (χ1) is 20.9. The lowest BCUT2D eigenvalue weighted by Crippen LogP contribution is -2.38. The fourth-order valence-electron chi connectivity index (χ4n) is 5.24. The predicted molar refractivity (Wildman–Crippen MR) is 154 cm³/mol. The van der Waals surface area contributed by atoms with Crippen LogP contribution >= 0.6 is 38.1 Å². The van der Waals surface area contributed by atoms with Crippen LogP contribution in [0.25, 0.3) is 22.3 Å². The molecular weight excluding hydrogens is 666 g/mol. The first kappa shape index (κ1) is 30.2. The molecule has 7 heterocycles. The number of fused-ring (bicyclic) bond motifs is 4. The standard InChI is InChI=1S/C20H24N10O10P2S2/c21-15-9-17(25-3-23-15)29(5-27-9)19-11(31)13-7(37-19)1-35-41(33,43)40-14-8(2-36-42(34,44)39-13)38-20(12(14)32)30-6-28-10-16(22)24-4-26-18(10)30/h3-8,11-14,19-20,31-32H,1-2H2,(H,33,43)(H,34,44)(H2,21,23,25)(H2,22,24,26)/t7-,8+,11?,12?,13?,14?,19-,20-,41-,42+/m1/s1. The molecule has 0 spiro atoms. The lowest BCUT2D eigenvalue weighted by molar-refractivity contribution is -0.0561. The first-order valence-electron chi connectivity index (χ1n) is 12.8. The summed E-state index contributed by atoms with van der Waals surface area (Å²) in [5, 5.41) is 22.5. The molecule has 44 heavy (non-hydrogen) atoms. The van der Waals surface area contributed by atoms with Gasteiger partial charge in [-0.15, -0.1) is 0 Å². The van der Waals surface area contributed by atoms with Crippen molar-refractivity contribution in [1.29, 1.82) is 0 Å². The number of imidazole rings is 2. The van der Waals surface area contributed by atoms with Gasteiger partial charge in [-0.1, -0.05) is 24.5 Å². The number of nitrogen functional groups attached to an aromatic ring is 2. The minimum Gasteiger partial charge on any atom is -0.386 e. The summed E-state index contributed by atoms with van der Waals surface area (Å²) in [7, 11) is 0. The molecule has 7 rings (SSSR count). The van der Waals surface area contributed by atoms with Crippen LogP contribution in [-0.2, 0) is 36.7 Å². The molecule has 0 aromatic carbocycles. The molecule has 4 unspecified atom stereocenters. The Labute approximate surface area is 256 Å². The van der Waals surface area contributed by atoms with Gasteiger partial charge < -0.3 is 31.2 Å². The number of nitrogens with two attached hydrogens (primary N) is 2. The van der Waals surface area contributed by atoms with Crippen molar-refractivity contribution in [2.75, 3.05) is 24.7 Å². The zero-order valence-corrected chi connectivity index (χ0v) is 25.6. The average molecular weight is 691 g/mol. The van der Waals surface area contributed by atoms with Crippen LogP contribution in [0.5, 0.6) is 0 Å². The summed E-state index contributed by atoms with van der Waals surface area (Å²) >= 11 is 8.16. The molecule has 4 aromatic rings. The van der Waals surface area contributed by atoms with E-state index in [2.05, 4.69) is 54.4 Å². The van der Waals surface area contributed by atoms with E-state index in [1.807, 2.05) is 0 Å². The molecule has 6 N–H and O–H groups in total. The molecule has 3 aliphatic rings. The Balaban J connectivity index is 1.17. The van der Waals surface area contributed by atoms with Crippen LogP contribution in [0.4, 0.5) is 11.6 Å². The van der Waals surface area contributed by atoms with E-state index in [0.717, 1.165) is 0 Å². The van der Waals surface area contributed by atoms with Gasteiger partial charge in [0.15, 0.2) is 35.4 Å². The van der Waals surface area contributed by atoms with Gasteiger partial charge in [0.2, 0.25) is 0 Å². The van der Waals surface area contributed by atoms with Crippen molar-refractivity contribution in [3.05, 3.63) is 25.3 Å². The molecule has 0 amide bonds. The number of ether oxygens (including phenoxy) is 2. The van der Waals surface area contributed by atoms with E-state index in [9.17, 15) is 19.3 Å². The van der Waals surface area contributed by atoms with Crippen LogP contribution in [0.1, 0.15) is 12.5 Å². The van der Waals surface area contributed by atoms with Crippen molar-refractivity contribution in [2.24, 2.45) is 0 Å². The Morgan fingerprint density at radius 1 is 0.727 bits per heavy atom. The summed E-state index contributed by atoms with van der Waals surface area (Å²) in [6.45, 7) is -9.59. The summed E-state index contributed by atoms with van der Waals surface area (Å²) in [5.74, 6) is 0.203. The monoisotopic (exact) mass is 690 g/mol. The van der Waals surface area contributed by atoms with E-state index in [1.165, 1.54) is 34.4 Å². The molecule has 3 saturated heterocycles. The summed E-state index contributed by atoms with van der Waals surface area (Å²) in [6, 6.07) is 0. The van der Waals surface area contributed by atoms with Crippen LogP contribution in [0.15, 0.2) is 25.3 Å². The molecular formula is C20H24N10O10P2S2. The molecule has 24 heteroatoms.